The smallest absolute Gasteiger partial charge is 0.309 e. The zero-order valence-corrected chi connectivity index (χ0v) is 11.7. The van der Waals surface area contributed by atoms with Crippen molar-refractivity contribution in [2.75, 3.05) is 5.32 Å². The van der Waals surface area contributed by atoms with Crippen molar-refractivity contribution in [3.05, 3.63) is 28.8 Å². The molecule has 0 spiro atoms. The molecule has 0 aliphatic heterocycles. The van der Waals surface area contributed by atoms with Gasteiger partial charge >= 0.3 is 5.97 Å². The maximum Gasteiger partial charge on any atom is 0.309 e. The van der Waals surface area contributed by atoms with Crippen LogP contribution in [0.15, 0.2) is 18.2 Å². The first-order valence-corrected chi connectivity index (χ1v) is 6.62. The second-order valence-electron chi connectivity index (χ2n) is 4.80. The Labute approximate surface area is 117 Å². The third-order valence-corrected chi connectivity index (χ3v) is 3.27. The fourth-order valence-electron chi connectivity index (χ4n) is 1.61. The van der Waals surface area contributed by atoms with Crippen LogP contribution in [-0.4, -0.2) is 18.0 Å². The van der Waals surface area contributed by atoms with Crippen molar-refractivity contribution >= 4 is 29.2 Å². The minimum absolute atomic E-state index is 0.0110. The molecule has 1 atom stereocenters. The number of aryl methyl sites for hydroxylation is 1. The molecule has 5 heteroatoms. The van der Waals surface area contributed by atoms with E-state index >= 15 is 0 Å². The number of hydrogen-bond acceptors (Lipinski definition) is 3. The molecule has 0 heterocycles. The highest BCUT2D eigenvalue weighted by atomic mass is 35.5. The normalized spacial score (nSPS) is 15.7. The highest BCUT2D eigenvalue weighted by Crippen LogP contribution is 2.30. The minimum Gasteiger partial charge on any atom is -0.452 e. The molecule has 0 radical (unpaired) electrons. The van der Waals surface area contributed by atoms with Crippen molar-refractivity contribution in [3.8, 4) is 0 Å². The van der Waals surface area contributed by atoms with Gasteiger partial charge in [0.2, 0.25) is 0 Å². The van der Waals surface area contributed by atoms with Gasteiger partial charge in [-0.1, -0.05) is 17.7 Å². The van der Waals surface area contributed by atoms with Crippen molar-refractivity contribution in [2.24, 2.45) is 5.92 Å². The molecule has 1 N–H and O–H groups in total. The molecule has 19 heavy (non-hydrogen) atoms. The molecule has 1 aliphatic rings. The molecule has 1 saturated carbocycles. The molecule has 1 aromatic rings. The standard InChI is InChI=1S/C14H16ClNO3/c1-8-3-6-11(15)7-12(8)16-13(17)9(2)19-14(18)10-4-5-10/h3,6-7,9-10H,4-5H2,1-2H3,(H,16,17)/t9-/m0/s1. The third-order valence-electron chi connectivity index (χ3n) is 3.03. The first kappa shape index (κ1) is 13.9. The molecule has 0 unspecified atom stereocenters. The molecule has 1 fully saturated rings. The molecule has 0 bridgehead atoms. The van der Waals surface area contributed by atoms with E-state index < -0.39 is 6.10 Å². The summed E-state index contributed by atoms with van der Waals surface area (Å²) in [5.74, 6) is -0.645. The topological polar surface area (TPSA) is 55.4 Å². The number of carbonyl (C=O) groups is 2. The van der Waals surface area contributed by atoms with Gasteiger partial charge in [0.1, 0.15) is 0 Å². The molecule has 1 aliphatic carbocycles. The number of benzene rings is 1. The van der Waals surface area contributed by atoms with E-state index in [1.54, 1.807) is 19.1 Å². The van der Waals surface area contributed by atoms with E-state index in [0.29, 0.717) is 10.7 Å². The summed E-state index contributed by atoms with van der Waals surface area (Å²) in [6.45, 7) is 3.43. The van der Waals surface area contributed by atoms with Crippen LogP contribution in [0.3, 0.4) is 0 Å². The first-order valence-electron chi connectivity index (χ1n) is 6.25. The van der Waals surface area contributed by atoms with Crippen LogP contribution in [-0.2, 0) is 14.3 Å². The second kappa shape index (κ2) is 5.61. The van der Waals surface area contributed by atoms with Gasteiger partial charge in [0, 0.05) is 10.7 Å². The summed E-state index contributed by atoms with van der Waals surface area (Å²) in [6.07, 6.45) is 0.924. The fraction of sp³-hybridized carbons (Fsp3) is 0.429. The summed E-state index contributed by atoms with van der Waals surface area (Å²) in [5, 5.41) is 3.26. The Morgan fingerprint density at radius 3 is 2.74 bits per heavy atom. The monoisotopic (exact) mass is 281 g/mol. The number of hydrogen-bond donors (Lipinski definition) is 1. The van der Waals surface area contributed by atoms with Crippen LogP contribution in [0.1, 0.15) is 25.3 Å². The van der Waals surface area contributed by atoms with Gasteiger partial charge in [-0.25, -0.2) is 0 Å². The lowest BCUT2D eigenvalue weighted by molar-refractivity contribution is -0.154. The van der Waals surface area contributed by atoms with Gasteiger partial charge < -0.3 is 10.1 Å². The van der Waals surface area contributed by atoms with E-state index in [2.05, 4.69) is 5.32 Å². The molecule has 4 nitrogen and oxygen atoms in total. The maximum atomic E-state index is 11.9. The molecular formula is C14H16ClNO3. The van der Waals surface area contributed by atoms with Crippen LogP contribution in [0.2, 0.25) is 5.02 Å². The number of amides is 1. The first-order chi connectivity index (χ1) is 8.97. The van der Waals surface area contributed by atoms with Crippen LogP contribution in [0.5, 0.6) is 0 Å². The van der Waals surface area contributed by atoms with E-state index in [0.717, 1.165) is 18.4 Å². The lowest BCUT2D eigenvalue weighted by Gasteiger charge is -2.14. The van der Waals surface area contributed by atoms with E-state index in [4.69, 9.17) is 16.3 Å². The zero-order valence-electron chi connectivity index (χ0n) is 10.9. The van der Waals surface area contributed by atoms with Crippen LogP contribution in [0.25, 0.3) is 0 Å². The Bertz CT molecular complexity index is 511. The van der Waals surface area contributed by atoms with Gasteiger partial charge in [-0.05, 0) is 44.4 Å². The quantitative estimate of drug-likeness (QED) is 0.864. The zero-order chi connectivity index (χ0) is 14.0. The number of carbonyl (C=O) groups excluding carboxylic acids is 2. The molecule has 0 saturated heterocycles. The summed E-state index contributed by atoms with van der Waals surface area (Å²) < 4.78 is 5.09. The maximum absolute atomic E-state index is 11.9. The molecule has 0 aromatic heterocycles. The van der Waals surface area contributed by atoms with Crippen molar-refractivity contribution in [1.29, 1.82) is 0 Å². The van der Waals surface area contributed by atoms with Gasteiger partial charge in [0.05, 0.1) is 5.92 Å². The average molecular weight is 282 g/mol. The van der Waals surface area contributed by atoms with Gasteiger partial charge in [-0.15, -0.1) is 0 Å². The van der Waals surface area contributed by atoms with Gasteiger partial charge in [-0.3, -0.25) is 9.59 Å². The van der Waals surface area contributed by atoms with Gasteiger partial charge in [-0.2, -0.15) is 0 Å². The molecule has 2 rings (SSSR count). The Hall–Kier alpha value is -1.55. The Morgan fingerprint density at radius 1 is 1.42 bits per heavy atom. The molecule has 102 valence electrons. The Balaban J connectivity index is 1.95. The van der Waals surface area contributed by atoms with Crippen molar-refractivity contribution in [1.82, 2.24) is 0 Å². The number of esters is 1. The van der Waals surface area contributed by atoms with E-state index in [1.807, 2.05) is 13.0 Å². The Morgan fingerprint density at radius 2 is 2.11 bits per heavy atom. The molecule has 1 aromatic carbocycles. The third kappa shape index (κ3) is 3.70. The van der Waals surface area contributed by atoms with Crippen LogP contribution in [0.4, 0.5) is 5.69 Å². The summed E-state index contributed by atoms with van der Waals surface area (Å²) in [5.41, 5.74) is 1.53. The Kier molecular flexibility index (Phi) is 4.10. The molecule has 1 amide bonds. The average Bonchev–Trinajstić information content (AvgIpc) is 3.17. The molecular weight excluding hydrogens is 266 g/mol. The number of halogens is 1. The van der Waals surface area contributed by atoms with Crippen molar-refractivity contribution < 1.29 is 14.3 Å². The number of anilines is 1. The summed E-state index contributed by atoms with van der Waals surface area (Å²) in [4.78, 5) is 23.4. The van der Waals surface area contributed by atoms with E-state index in [9.17, 15) is 9.59 Å². The van der Waals surface area contributed by atoms with Gasteiger partial charge in [0.15, 0.2) is 6.10 Å². The highest BCUT2D eigenvalue weighted by molar-refractivity contribution is 6.31. The number of nitrogens with one attached hydrogen (secondary N) is 1. The lowest BCUT2D eigenvalue weighted by atomic mass is 10.2. The summed E-state index contributed by atoms with van der Waals surface area (Å²) in [6, 6.07) is 5.24. The predicted molar refractivity (Wildman–Crippen MR) is 73.1 cm³/mol. The second-order valence-corrected chi connectivity index (χ2v) is 5.24. The lowest BCUT2D eigenvalue weighted by Crippen LogP contribution is -2.30. The van der Waals surface area contributed by atoms with Crippen LogP contribution < -0.4 is 5.32 Å². The van der Waals surface area contributed by atoms with E-state index in [-0.39, 0.29) is 17.8 Å². The largest absolute Gasteiger partial charge is 0.452 e. The van der Waals surface area contributed by atoms with Crippen LogP contribution >= 0.6 is 11.6 Å². The SMILES string of the molecule is Cc1ccc(Cl)cc1NC(=O)[C@H](C)OC(=O)C1CC1. The van der Waals surface area contributed by atoms with Crippen molar-refractivity contribution in [3.63, 3.8) is 0 Å². The number of rotatable bonds is 4. The minimum atomic E-state index is -0.800. The summed E-state index contributed by atoms with van der Waals surface area (Å²) >= 11 is 5.88. The number of ether oxygens (including phenoxy) is 1. The van der Waals surface area contributed by atoms with Crippen LogP contribution in [0, 0.1) is 12.8 Å². The highest BCUT2D eigenvalue weighted by Gasteiger charge is 2.33. The fourth-order valence-corrected chi connectivity index (χ4v) is 1.78. The van der Waals surface area contributed by atoms with Gasteiger partial charge in [0.25, 0.3) is 5.91 Å². The van der Waals surface area contributed by atoms with Crippen molar-refractivity contribution in [2.45, 2.75) is 32.8 Å². The predicted octanol–water partition coefficient (Wildman–Crippen LogP) is 2.93. The summed E-state index contributed by atoms with van der Waals surface area (Å²) in [7, 11) is 0. The van der Waals surface area contributed by atoms with E-state index in [1.165, 1.54) is 0 Å².